The molecular weight excluding hydrogens is 248 g/mol. The predicted octanol–water partition coefficient (Wildman–Crippen LogP) is 3.77. The molecule has 0 radical (unpaired) electrons. The zero-order valence-electron chi connectivity index (χ0n) is 9.81. The highest BCUT2D eigenvalue weighted by atomic mass is 35.5. The smallest absolute Gasteiger partial charge is 0.193 e. The number of benzene rings is 2. The first-order valence-electron chi connectivity index (χ1n) is 5.50. The Morgan fingerprint density at radius 1 is 0.944 bits per heavy atom. The minimum Gasteiger partial charge on any atom is -0.294 e. The molecule has 0 aliphatic rings. The van der Waals surface area contributed by atoms with Gasteiger partial charge in [0.25, 0.3) is 0 Å². The zero-order valence-corrected chi connectivity index (χ0v) is 10.6. The van der Waals surface area contributed by atoms with Gasteiger partial charge in [-0.05, 0) is 25.1 Å². The van der Waals surface area contributed by atoms with Gasteiger partial charge in [-0.3, -0.25) is 9.59 Å². The Morgan fingerprint density at radius 3 is 2.22 bits per heavy atom. The molecule has 90 valence electrons. The lowest BCUT2D eigenvalue weighted by Crippen LogP contribution is -2.08. The molecule has 0 fully saturated rings. The van der Waals surface area contributed by atoms with Gasteiger partial charge in [0, 0.05) is 21.7 Å². The minimum atomic E-state index is -0.191. The van der Waals surface area contributed by atoms with E-state index in [1.807, 2.05) is 6.07 Å². The third kappa shape index (κ3) is 2.49. The molecule has 2 nitrogen and oxygen atoms in total. The van der Waals surface area contributed by atoms with E-state index in [9.17, 15) is 9.59 Å². The first-order chi connectivity index (χ1) is 8.59. The molecule has 0 atom stereocenters. The van der Waals surface area contributed by atoms with Crippen LogP contribution >= 0.6 is 11.6 Å². The summed E-state index contributed by atoms with van der Waals surface area (Å²) in [7, 11) is 0. The molecule has 0 aliphatic heterocycles. The second-order valence-corrected chi connectivity index (χ2v) is 4.38. The molecule has 0 saturated carbocycles. The van der Waals surface area contributed by atoms with Crippen molar-refractivity contribution in [3.8, 4) is 0 Å². The molecule has 2 rings (SSSR count). The van der Waals surface area contributed by atoms with Crippen molar-refractivity contribution < 1.29 is 9.59 Å². The van der Waals surface area contributed by atoms with Crippen LogP contribution in [0.3, 0.4) is 0 Å². The maximum absolute atomic E-state index is 12.3. The lowest BCUT2D eigenvalue weighted by atomic mass is 9.96. The van der Waals surface area contributed by atoms with Crippen LogP contribution in [-0.2, 0) is 0 Å². The molecule has 0 bridgehead atoms. The zero-order chi connectivity index (χ0) is 13.1. The first-order valence-corrected chi connectivity index (χ1v) is 5.87. The summed E-state index contributed by atoms with van der Waals surface area (Å²) < 4.78 is 0. The minimum absolute atomic E-state index is 0.147. The van der Waals surface area contributed by atoms with Crippen molar-refractivity contribution in [1.29, 1.82) is 0 Å². The van der Waals surface area contributed by atoms with Crippen molar-refractivity contribution in [2.24, 2.45) is 0 Å². The number of hydrogen-bond acceptors (Lipinski definition) is 2. The van der Waals surface area contributed by atoms with Crippen LogP contribution in [0, 0.1) is 0 Å². The summed E-state index contributed by atoms with van der Waals surface area (Å²) >= 11 is 5.89. The Bertz CT molecular complexity index is 603. The second-order valence-electron chi connectivity index (χ2n) is 3.94. The lowest BCUT2D eigenvalue weighted by molar-refractivity contribution is 0.0990. The molecule has 3 heteroatoms. The van der Waals surface area contributed by atoms with Crippen molar-refractivity contribution in [2.75, 3.05) is 0 Å². The van der Waals surface area contributed by atoms with E-state index in [0.29, 0.717) is 21.7 Å². The highest BCUT2D eigenvalue weighted by molar-refractivity contribution is 6.31. The number of hydrogen-bond donors (Lipinski definition) is 0. The predicted molar refractivity (Wildman–Crippen MR) is 71.3 cm³/mol. The number of halogens is 1. The van der Waals surface area contributed by atoms with Crippen LogP contribution < -0.4 is 0 Å². The molecule has 0 aromatic heterocycles. The molecule has 0 saturated heterocycles. The van der Waals surface area contributed by atoms with Gasteiger partial charge in [0.05, 0.1) is 0 Å². The number of ketones is 2. The number of carbonyl (C=O) groups is 2. The van der Waals surface area contributed by atoms with Gasteiger partial charge >= 0.3 is 0 Å². The van der Waals surface area contributed by atoms with Crippen LogP contribution in [0.2, 0.25) is 5.02 Å². The van der Waals surface area contributed by atoms with Crippen molar-refractivity contribution >= 4 is 23.2 Å². The largest absolute Gasteiger partial charge is 0.294 e. The average Bonchev–Trinajstić information content (AvgIpc) is 2.38. The van der Waals surface area contributed by atoms with Crippen LogP contribution in [0.5, 0.6) is 0 Å². The quantitative estimate of drug-likeness (QED) is 0.786. The first kappa shape index (κ1) is 12.5. The lowest BCUT2D eigenvalue weighted by Gasteiger charge is -2.06. The Morgan fingerprint density at radius 2 is 1.61 bits per heavy atom. The molecule has 2 aromatic rings. The van der Waals surface area contributed by atoms with Gasteiger partial charge in [0.2, 0.25) is 0 Å². The fourth-order valence-corrected chi connectivity index (χ4v) is 1.93. The van der Waals surface area contributed by atoms with Gasteiger partial charge in [0.15, 0.2) is 11.6 Å². The molecule has 18 heavy (non-hydrogen) atoms. The van der Waals surface area contributed by atoms with E-state index >= 15 is 0 Å². The molecule has 0 unspecified atom stereocenters. The molecule has 2 aromatic carbocycles. The summed E-state index contributed by atoms with van der Waals surface area (Å²) in [5, 5.41) is 0.444. The number of rotatable bonds is 3. The highest BCUT2D eigenvalue weighted by Gasteiger charge is 2.16. The van der Waals surface area contributed by atoms with Crippen LogP contribution in [0.15, 0.2) is 48.5 Å². The second kappa shape index (κ2) is 5.15. The van der Waals surface area contributed by atoms with Crippen LogP contribution in [0.4, 0.5) is 0 Å². The summed E-state index contributed by atoms with van der Waals surface area (Å²) in [6.07, 6.45) is 0. The Balaban J connectivity index is 2.54. The Labute approximate surface area is 110 Å². The molecule has 0 spiro atoms. The third-order valence-electron chi connectivity index (χ3n) is 2.64. The van der Waals surface area contributed by atoms with Crippen LogP contribution in [0.1, 0.15) is 33.2 Å². The van der Waals surface area contributed by atoms with E-state index in [2.05, 4.69) is 0 Å². The summed E-state index contributed by atoms with van der Waals surface area (Å²) in [5.74, 6) is -0.339. The van der Waals surface area contributed by atoms with Crippen molar-refractivity contribution in [3.63, 3.8) is 0 Å². The Hall–Kier alpha value is -1.93. The number of carbonyl (C=O) groups excluding carboxylic acids is 2. The van der Waals surface area contributed by atoms with Crippen molar-refractivity contribution in [3.05, 3.63) is 70.2 Å². The van der Waals surface area contributed by atoms with E-state index in [0.717, 1.165) is 0 Å². The Kier molecular flexibility index (Phi) is 3.58. The molecule has 0 amide bonds. The van der Waals surface area contributed by atoms with E-state index in [1.165, 1.54) is 13.0 Å². The van der Waals surface area contributed by atoms with Gasteiger partial charge in [-0.1, -0.05) is 41.9 Å². The van der Waals surface area contributed by atoms with E-state index in [4.69, 9.17) is 11.6 Å². The molecule has 0 N–H and O–H groups in total. The van der Waals surface area contributed by atoms with Crippen LogP contribution in [-0.4, -0.2) is 11.6 Å². The molecule has 0 heterocycles. The fourth-order valence-electron chi connectivity index (χ4n) is 1.76. The molecule has 0 aliphatic carbocycles. The summed E-state index contributed by atoms with van der Waals surface area (Å²) in [6, 6.07) is 13.6. The van der Waals surface area contributed by atoms with E-state index in [1.54, 1.807) is 36.4 Å². The monoisotopic (exact) mass is 258 g/mol. The van der Waals surface area contributed by atoms with Gasteiger partial charge < -0.3 is 0 Å². The van der Waals surface area contributed by atoms with Crippen molar-refractivity contribution in [1.82, 2.24) is 0 Å². The summed E-state index contributed by atoms with van der Waals surface area (Å²) in [4.78, 5) is 23.8. The normalized spacial score (nSPS) is 10.1. The topological polar surface area (TPSA) is 34.1 Å². The van der Waals surface area contributed by atoms with Gasteiger partial charge in [0.1, 0.15) is 0 Å². The molecular formula is C15H11ClO2. The average molecular weight is 259 g/mol. The fraction of sp³-hybridized carbons (Fsp3) is 0.0667. The van der Waals surface area contributed by atoms with Crippen molar-refractivity contribution in [2.45, 2.75) is 6.92 Å². The maximum atomic E-state index is 12.3. The summed E-state index contributed by atoms with van der Waals surface area (Å²) in [6.45, 7) is 1.44. The van der Waals surface area contributed by atoms with Crippen LogP contribution in [0.25, 0.3) is 0 Å². The van der Waals surface area contributed by atoms with Gasteiger partial charge in [-0.15, -0.1) is 0 Å². The van der Waals surface area contributed by atoms with Gasteiger partial charge in [-0.2, -0.15) is 0 Å². The third-order valence-corrected chi connectivity index (χ3v) is 2.88. The standard InChI is InChI=1S/C15H11ClO2/c1-10(17)13-8-7-12(16)9-14(13)15(18)11-5-3-2-4-6-11/h2-9H,1H3. The van der Waals surface area contributed by atoms with Gasteiger partial charge in [-0.25, -0.2) is 0 Å². The number of Topliss-reactive ketones (excluding diaryl/α,β-unsaturated/α-hetero) is 1. The summed E-state index contributed by atoms with van der Waals surface area (Å²) in [5.41, 5.74) is 1.29. The SMILES string of the molecule is CC(=O)c1ccc(Cl)cc1C(=O)c1ccccc1. The van der Waals surface area contributed by atoms with E-state index in [-0.39, 0.29) is 11.6 Å². The van der Waals surface area contributed by atoms with E-state index < -0.39 is 0 Å². The highest BCUT2D eigenvalue weighted by Crippen LogP contribution is 2.20. The maximum Gasteiger partial charge on any atom is 0.193 e.